The number of anilines is 2. The normalized spacial score (nSPS) is 17.9. The summed E-state index contributed by atoms with van der Waals surface area (Å²) in [4.78, 5) is 3.36. The van der Waals surface area contributed by atoms with Crippen LogP contribution in [0.1, 0.15) is 12.8 Å². The molecule has 6 rings (SSSR count). The molecule has 2 aliphatic heterocycles. The standard InChI is InChI=1S/2C11H8F2N.2C5H5.Ti/c2*12-9-4-5-11(10(13)8-9)14-6-2-1-3-7-14;2*1-2-4-5-3-1;/h2*1-6H,7H2;2*1-3H,4H2;. The molecule has 0 N–H and O–H groups in total. The number of allylic oxidation sites excluding steroid dienone is 12. The van der Waals surface area contributed by atoms with E-state index in [1.165, 1.54) is 24.3 Å². The number of rotatable bonds is 6. The van der Waals surface area contributed by atoms with Crippen molar-refractivity contribution in [2.45, 2.75) is 12.8 Å². The van der Waals surface area contributed by atoms with Gasteiger partial charge in [0.15, 0.2) is 0 Å². The predicted molar refractivity (Wildman–Crippen MR) is 147 cm³/mol. The first kappa shape index (κ1) is 25.7. The molecule has 2 aliphatic carbocycles. The molecule has 0 atom stereocenters. The van der Waals surface area contributed by atoms with Crippen LogP contribution >= 0.6 is 0 Å². The van der Waals surface area contributed by atoms with Gasteiger partial charge in [0.2, 0.25) is 0 Å². The Kier molecular flexibility index (Phi) is 6.92. The molecule has 0 fully saturated rings. The Morgan fingerprint density at radius 2 is 1.00 bits per heavy atom. The maximum absolute atomic E-state index is 16.9. The first-order valence-corrected chi connectivity index (χ1v) is 16.0. The van der Waals surface area contributed by atoms with Crippen LogP contribution in [0.3, 0.4) is 0 Å². The van der Waals surface area contributed by atoms with Crippen molar-refractivity contribution in [3.05, 3.63) is 141 Å². The Hall–Kier alpha value is -3.61. The molecule has 0 saturated heterocycles. The number of halogens is 4. The van der Waals surface area contributed by atoms with E-state index >= 15 is 17.6 Å². The molecule has 0 saturated carbocycles. The van der Waals surface area contributed by atoms with Crippen molar-refractivity contribution in [3.8, 4) is 0 Å². The fraction of sp³-hybridized carbons (Fsp3) is 0.125. The molecule has 4 aliphatic rings. The van der Waals surface area contributed by atoms with Crippen LogP contribution in [0.15, 0.2) is 117 Å². The zero-order valence-corrected chi connectivity index (χ0v) is 22.7. The fourth-order valence-corrected chi connectivity index (χ4v) is 14.2. The Labute approximate surface area is 229 Å². The van der Waals surface area contributed by atoms with Gasteiger partial charge in [0.1, 0.15) is 0 Å². The molecule has 2 nitrogen and oxygen atoms in total. The third kappa shape index (κ3) is 4.23. The number of hydrogen-bond acceptors (Lipinski definition) is 2. The van der Waals surface area contributed by atoms with E-state index in [4.69, 9.17) is 0 Å². The molecule has 0 aromatic heterocycles. The summed E-state index contributed by atoms with van der Waals surface area (Å²) in [7, 11) is 0. The Morgan fingerprint density at radius 1 is 0.538 bits per heavy atom. The number of nitrogens with zero attached hydrogens (tertiary/aromatic N) is 2. The van der Waals surface area contributed by atoms with E-state index in [2.05, 4.69) is 0 Å². The van der Waals surface area contributed by atoms with Crippen LogP contribution in [-0.2, 0) is 16.6 Å². The molecule has 2 aromatic carbocycles. The summed E-state index contributed by atoms with van der Waals surface area (Å²) in [6.45, 7) is 0.806. The minimum absolute atomic E-state index is 0.182. The van der Waals surface area contributed by atoms with Crippen LogP contribution in [0, 0.1) is 23.3 Å². The molecule has 2 heterocycles. The average Bonchev–Trinajstić information content (AvgIpc) is 3.69. The molecule has 7 heteroatoms. The van der Waals surface area contributed by atoms with E-state index in [-0.39, 0.29) is 19.1 Å². The Balaban J connectivity index is 1.69. The van der Waals surface area contributed by atoms with Gasteiger partial charge >= 0.3 is 230 Å². The summed E-state index contributed by atoms with van der Waals surface area (Å²) < 4.78 is 67.1. The van der Waals surface area contributed by atoms with Gasteiger partial charge < -0.3 is 0 Å². The van der Waals surface area contributed by atoms with Gasteiger partial charge in [-0.05, 0) is 0 Å². The second-order valence-corrected chi connectivity index (χ2v) is 15.7. The van der Waals surface area contributed by atoms with Crippen LogP contribution in [0.5, 0.6) is 0 Å². The van der Waals surface area contributed by atoms with Gasteiger partial charge in [0.05, 0.1) is 0 Å². The summed E-state index contributed by atoms with van der Waals surface area (Å²) in [5.74, 6) is -3.09. The van der Waals surface area contributed by atoms with Crippen molar-refractivity contribution in [3.63, 3.8) is 0 Å². The molecule has 196 valence electrons. The Bertz CT molecular complexity index is 1460. The molecule has 0 spiro atoms. The van der Waals surface area contributed by atoms with Crippen LogP contribution in [0.4, 0.5) is 28.9 Å². The van der Waals surface area contributed by atoms with Crippen LogP contribution < -0.4 is 17.5 Å². The van der Waals surface area contributed by atoms with Gasteiger partial charge in [-0.2, -0.15) is 0 Å². The van der Waals surface area contributed by atoms with Gasteiger partial charge in [-0.1, -0.05) is 0 Å². The molecule has 0 bridgehead atoms. The predicted octanol–water partition coefficient (Wildman–Crippen LogP) is 6.82. The molecule has 0 amide bonds. The quantitative estimate of drug-likeness (QED) is 0.282. The van der Waals surface area contributed by atoms with E-state index in [0.717, 1.165) is 0 Å². The molecule has 0 unspecified atom stereocenters. The molecule has 39 heavy (non-hydrogen) atoms. The summed E-state index contributed by atoms with van der Waals surface area (Å²) in [6, 6.07) is 5.29. The maximum atomic E-state index is 16.9. The second kappa shape index (κ2) is 10.5. The summed E-state index contributed by atoms with van der Waals surface area (Å²) in [6.07, 6.45) is 26.2. The zero-order valence-electron chi connectivity index (χ0n) is 21.1. The zero-order chi connectivity index (χ0) is 27.0. The summed E-state index contributed by atoms with van der Waals surface area (Å²) in [5.41, 5.74) is 0.363. The average molecular weight is 562 g/mol. The minimum atomic E-state index is -4.87. The van der Waals surface area contributed by atoms with Gasteiger partial charge in [0.25, 0.3) is 0 Å². The van der Waals surface area contributed by atoms with Gasteiger partial charge in [-0.3, -0.25) is 0 Å². The van der Waals surface area contributed by atoms with Gasteiger partial charge in [-0.15, -0.1) is 0 Å². The first-order chi connectivity index (χ1) is 19.0. The number of benzene rings is 2. The molecule has 2 aromatic rings. The first-order valence-electron chi connectivity index (χ1n) is 12.9. The molecular weight excluding hydrogens is 536 g/mol. The third-order valence-corrected chi connectivity index (χ3v) is 15.6. The fourth-order valence-electron chi connectivity index (χ4n) is 5.93. The van der Waals surface area contributed by atoms with Crippen molar-refractivity contribution in [1.82, 2.24) is 0 Å². The van der Waals surface area contributed by atoms with E-state index < -0.39 is 39.9 Å². The van der Waals surface area contributed by atoms with E-state index in [1.807, 2.05) is 60.8 Å². The molecular formula is C32H26F4N2Ti. The number of hydrogen-bond donors (Lipinski definition) is 0. The topological polar surface area (TPSA) is 6.48 Å². The Morgan fingerprint density at radius 3 is 1.36 bits per heavy atom. The second-order valence-electron chi connectivity index (χ2n) is 9.75. The summed E-state index contributed by atoms with van der Waals surface area (Å²) >= 11 is -4.87. The van der Waals surface area contributed by atoms with E-state index in [9.17, 15) is 0 Å². The van der Waals surface area contributed by atoms with Crippen molar-refractivity contribution in [2.75, 3.05) is 22.9 Å². The van der Waals surface area contributed by atoms with Crippen LogP contribution in [-0.4, -0.2) is 13.1 Å². The van der Waals surface area contributed by atoms with Crippen molar-refractivity contribution in [1.29, 1.82) is 0 Å². The monoisotopic (exact) mass is 562 g/mol. The third-order valence-electron chi connectivity index (χ3n) is 7.65. The van der Waals surface area contributed by atoms with E-state index in [1.54, 1.807) is 34.4 Å². The van der Waals surface area contributed by atoms with E-state index in [0.29, 0.717) is 33.7 Å². The van der Waals surface area contributed by atoms with Crippen LogP contribution in [0.25, 0.3) is 0 Å². The van der Waals surface area contributed by atoms with Crippen molar-refractivity contribution >= 4 is 19.1 Å². The van der Waals surface area contributed by atoms with Gasteiger partial charge in [0, 0.05) is 0 Å². The molecule has 0 radical (unpaired) electrons. The van der Waals surface area contributed by atoms with Crippen molar-refractivity contribution in [2.24, 2.45) is 0 Å². The van der Waals surface area contributed by atoms with Crippen molar-refractivity contribution < 1.29 is 34.2 Å². The summed E-state index contributed by atoms with van der Waals surface area (Å²) in [5, 5.41) is 0. The van der Waals surface area contributed by atoms with Crippen LogP contribution in [0.2, 0.25) is 0 Å². The van der Waals surface area contributed by atoms with Gasteiger partial charge in [-0.25, -0.2) is 0 Å². The SMILES string of the molecule is Fc1ccc(N2C=CC=CC2)c(F)[c]1[Ti]([C]1=CC=CC1)([C]1=CC=CC1)[c]1c(F)ccc(N2C=CC=CC2)c1F.